The third kappa shape index (κ3) is 3.64. The molecule has 1 aromatic heterocycles. The Hall–Kier alpha value is -2.08. The summed E-state index contributed by atoms with van der Waals surface area (Å²) in [6.45, 7) is 2.63. The quantitative estimate of drug-likeness (QED) is 0.933. The van der Waals surface area contributed by atoms with Crippen LogP contribution in [0.3, 0.4) is 0 Å². The van der Waals surface area contributed by atoms with E-state index < -0.39 is 0 Å². The van der Waals surface area contributed by atoms with E-state index in [0.29, 0.717) is 17.3 Å². The number of H-pyrrole nitrogens is 1. The first-order valence-electron chi connectivity index (χ1n) is 7.69. The van der Waals surface area contributed by atoms with Crippen molar-refractivity contribution in [1.82, 2.24) is 20.1 Å². The Bertz CT molecular complexity index is 675. The van der Waals surface area contributed by atoms with Gasteiger partial charge in [-0.2, -0.15) is 5.10 Å². The molecule has 0 spiro atoms. The van der Waals surface area contributed by atoms with E-state index in [2.05, 4.69) is 15.2 Å². The van der Waals surface area contributed by atoms with Gasteiger partial charge in [0.15, 0.2) is 6.61 Å². The second-order valence-electron chi connectivity index (χ2n) is 5.67. The number of halogens is 1. The molecule has 23 heavy (non-hydrogen) atoms. The highest BCUT2D eigenvalue weighted by atomic mass is 35.5. The van der Waals surface area contributed by atoms with E-state index in [4.69, 9.17) is 16.3 Å². The number of nitrogens with one attached hydrogen (secondary N) is 1. The molecule has 7 heteroatoms. The molecule has 1 saturated heterocycles. The van der Waals surface area contributed by atoms with Crippen molar-refractivity contribution < 1.29 is 9.53 Å². The number of carbonyl (C=O) groups excluding carboxylic acids is 1. The maximum absolute atomic E-state index is 12.5. The summed E-state index contributed by atoms with van der Waals surface area (Å²) in [6.07, 6.45) is 4.43. The molecule has 2 aromatic rings. The van der Waals surface area contributed by atoms with Gasteiger partial charge in [-0.3, -0.25) is 9.89 Å². The molecule has 1 amide bonds. The zero-order valence-corrected chi connectivity index (χ0v) is 13.7. The highest BCUT2D eigenvalue weighted by molar-refractivity contribution is 6.31. The monoisotopic (exact) mass is 334 g/mol. The van der Waals surface area contributed by atoms with Gasteiger partial charge in [0, 0.05) is 11.6 Å². The van der Waals surface area contributed by atoms with E-state index in [1.165, 1.54) is 6.33 Å². The zero-order chi connectivity index (χ0) is 16.2. The van der Waals surface area contributed by atoms with Crippen molar-refractivity contribution >= 4 is 17.5 Å². The average Bonchev–Trinajstić information content (AvgIpc) is 3.10. The zero-order valence-electron chi connectivity index (χ0n) is 13.0. The summed E-state index contributed by atoms with van der Waals surface area (Å²) in [6, 6.07) is 5.33. The first kappa shape index (κ1) is 15.8. The maximum atomic E-state index is 12.5. The lowest BCUT2D eigenvalue weighted by atomic mass is 10.0. The Morgan fingerprint density at radius 3 is 3.09 bits per heavy atom. The number of aromatic nitrogens is 3. The largest absolute Gasteiger partial charge is 0.484 e. The van der Waals surface area contributed by atoms with Gasteiger partial charge in [-0.15, -0.1) is 0 Å². The number of aryl methyl sites for hydroxylation is 1. The van der Waals surface area contributed by atoms with Crippen LogP contribution >= 0.6 is 11.6 Å². The number of nitrogens with zero attached hydrogens (tertiary/aromatic N) is 3. The molecule has 122 valence electrons. The number of carbonyl (C=O) groups is 1. The van der Waals surface area contributed by atoms with E-state index in [-0.39, 0.29) is 18.6 Å². The maximum Gasteiger partial charge on any atom is 0.261 e. The Kier molecular flexibility index (Phi) is 4.81. The molecule has 2 heterocycles. The molecule has 1 fully saturated rings. The number of hydrogen-bond donors (Lipinski definition) is 1. The van der Waals surface area contributed by atoms with Gasteiger partial charge in [0.1, 0.15) is 17.9 Å². The molecule has 0 bridgehead atoms. The standard InChI is InChI=1S/C16H19ClN4O2/c1-11-8-12(5-6-13(11)17)23-9-15(22)21-7-3-2-4-14(21)16-18-10-19-20-16/h5-6,8,10,14H,2-4,7,9H2,1H3,(H,18,19,20). The van der Waals surface area contributed by atoms with Crippen molar-refractivity contribution in [3.63, 3.8) is 0 Å². The fourth-order valence-corrected chi connectivity index (χ4v) is 2.94. The summed E-state index contributed by atoms with van der Waals surface area (Å²) in [5, 5.41) is 7.44. The van der Waals surface area contributed by atoms with Crippen molar-refractivity contribution in [2.45, 2.75) is 32.2 Å². The summed E-state index contributed by atoms with van der Waals surface area (Å²) in [7, 11) is 0. The molecule has 0 aliphatic carbocycles. The second kappa shape index (κ2) is 7.00. The summed E-state index contributed by atoms with van der Waals surface area (Å²) in [4.78, 5) is 18.6. The van der Waals surface area contributed by atoms with Crippen LogP contribution in [0.4, 0.5) is 0 Å². The number of ether oxygens (including phenoxy) is 1. The van der Waals surface area contributed by atoms with Gasteiger partial charge in [-0.05, 0) is 49.9 Å². The summed E-state index contributed by atoms with van der Waals surface area (Å²) < 4.78 is 5.63. The predicted octanol–water partition coefficient (Wildman–Crippen LogP) is 2.90. The van der Waals surface area contributed by atoms with Crippen molar-refractivity contribution in [3.05, 3.63) is 40.9 Å². The number of piperidine rings is 1. The third-order valence-corrected chi connectivity index (χ3v) is 4.49. The number of likely N-dealkylation sites (tertiary alicyclic amines) is 1. The number of aromatic amines is 1. The normalized spacial score (nSPS) is 18.0. The second-order valence-corrected chi connectivity index (χ2v) is 6.08. The molecule has 0 saturated carbocycles. The van der Waals surface area contributed by atoms with Crippen molar-refractivity contribution in [3.8, 4) is 5.75 Å². The van der Waals surface area contributed by atoms with E-state index >= 15 is 0 Å². The van der Waals surface area contributed by atoms with E-state index in [1.54, 1.807) is 12.1 Å². The van der Waals surface area contributed by atoms with Crippen molar-refractivity contribution in [2.75, 3.05) is 13.2 Å². The SMILES string of the molecule is Cc1cc(OCC(=O)N2CCCCC2c2ncn[nH]2)ccc1Cl. The van der Waals surface area contributed by atoms with E-state index in [0.717, 1.165) is 30.7 Å². The number of rotatable bonds is 4. The number of amides is 1. The van der Waals surface area contributed by atoms with Gasteiger partial charge >= 0.3 is 0 Å². The Morgan fingerprint density at radius 1 is 1.48 bits per heavy atom. The molecule has 1 aliphatic rings. The molecule has 1 unspecified atom stereocenters. The number of benzene rings is 1. The van der Waals surface area contributed by atoms with Gasteiger partial charge in [0.05, 0.1) is 6.04 Å². The van der Waals surface area contributed by atoms with Crippen LogP contribution in [0.15, 0.2) is 24.5 Å². The van der Waals surface area contributed by atoms with Gasteiger partial charge in [0.2, 0.25) is 0 Å². The van der Waals surface area contributed by atoms with Crippen LogP contribution < -0.4 is 4.74 Å². The minimum Gasteiger partial charge on any atom is -0.484 e. The molecule has 1 atom stereocenters. The first-order chi connectivity index (χ1) is 11.1. The highest BCUT2D eigenvalue weighted by Crippen LogP contribution is 2.28. The summed E-state index contributed by atoms with van der Waals surface area (Å²) in [5.41, 5.74) is 0.925. The lowest BCUT2D eigenvalue weighted by Gasteiger charge is -2.34. The van der Waals surface area contributed by atoms with Crippen LogP contribution in [0.1, 0.15) is 36.7 Å². The molecule has 0 radical (unpaired) electrons. The fourth-order valence-electron chi connectivity index (χ4n) is 2.82. The van der Waals surface area contributed by atoms with Crippen molar-refractivity contribution in [2.24, 2.45) is 0 Å². The molecular weight excluding hydrogens is 316 g/mol. The van der Waals surface area contributed by atoms with Crippen molar-refractivity contribution in [1.29, 1.82) is 0 Å². The lowest BCUT2D eigenvalue weighted by Crippen LogP contribution is -2.41. The molecule has 6 nitrogen and oxygen atoms in total. The molecule has 1 N–H and O–H groups in total. The van der Waals surface area contributed by atoms with Crippen LogP contribution in [-0.2, 0) is 4.79 Å². The molecule has 1 aliphatic heterocycles. The van der Waals surface area contributed by atoms with Gasteiger partial charge in [-0.25, -0.2) is 4.98 Å². The fraction of sp³-hybridized carbons (Fsp3) is 0.438. The van der Waals surface area contributed by atoms with E-state index in [1.807, 2.05) is 17.9 Å². The third-order valence-electron chi connectivity index (χ3n) is 4.06. The minimum absolute atomic E-state index is 0.00566. The van der Waals surface area contributed by atoms with Gasteiger partial charge in [0.25, 0.3) is 5.91 Å². The van der Waals surface area contributed by atoms with Crippen LogP contribution in [0.5, 0.6) is 5.75 Å². The Labute approximate surface area is 139 Å². The first-order valence-corrected chi connectivity index (χ1v) is 8.06. The van der Waals surface area contributed by atoms with Crippen LogP contribution in [0.2, 0.25) is 5.02 Å². The predicted molar refractivity (Wildman–Crippen MR) is 86.4 cm³/mol. The highest BCUT2D eigenvalue weighted by Gasteiger charge is 2.30. The van der Waals surface area contributed by atoms with Crippen LogP contribution in [0.25, 0.3) is 0 Å². The topological polar surface area (TPSA) is 71.1 Å². The van der Waals surface area contributed by atoms with E-state index in [9.17, 15) is 4.79 Å². The molecule has 1 aromatic carbocycles. The number of hydrogen-bond acceptors (Lipinski definition) is 4. The van der Waals surface area contributed by atoms with Crippen LogP contribution in [0, 0.1) is 6.92 Å². The average molecular weight is 335 g/mol. The summed E-state index contributed by atoms with van der Waals surface area (Å²) >= 11 is 5.99. The van der Waals surface area contributed by atoms with Gasteiger partial charge < -0.3 is 9.64 Å². The summed E-state index contributed by atoms with van der Waals surface area (Å²) in [5.74, 6) is 1.34. The molecule has 3 rings (SSSR count). The Balaban J connectivity index is 1.65. The van der Waals surface area contributed by atoms with Gasteiger partial charge in [-0.1, -0.05) is 11.6 Å². The van der Waals surface area contributed by atoms with Crippen LogP contribution in [-0.4, -0.2) is 39.1 Å². The minimum atomic E-state index is -0.0469. The Morgan fingerprint density at radius 2 is 2.35 bits per heavy atom. The molecular formula is C16H19ClN4O2. The lowest BCUT2D eigenvalue weighted by molar-refractivity contribution is -0.137. The smallest absolute Gasteiger partial charge is 0.261 e.